The number of hydrogen-bond acceptors (Lipinski definition) is 7. The van der Waals surface area contributed by atoms with Crippen molar-refractivity contribution in [1.82, 2.24) is 14.8 Å². The van der Waals surface area contributed by atoms with Crippen molar-refractivity contribution in [1.29, 1.82) is 10.5 Å². The van der Waals surface area contributed by atoms with Gasteiger partial charge in [-0.2, -0.15) is 10.5 Å². The maximum atomic E-state index is 11.9. The van der Waals surface area contributed by atoms with Gasteiger partial charge in [0.25, 0.3) is 0 Å². The van der Waals surface area contributed by atoms with E-state index in [2.05, 4.69) is 42.3 Å². The highest BCUT2D eigenvalue weighted by molar-refractivity contribution is 6.34. The van der Waals surface area contributed by atoms with Gasteiger partial charge in [0.05, 0.1) is 29.7 Å². The molecule has 2 fully saturated rings. The van der Waals surface area contributed by atoms with E-state index in [0.717, 1.165) is 49.8 Å². The predicted molar refractivity (Wildman–Crippen MR) is 166 cm³/mol. The number of fused-ring (bicyclic) bond motifs is 2. The summed E-state index contributed by atoms with van der Waals surface area (Å²) in [7, 11) is 2.08. The highest BCUT2D eigenvalue weighted by atomic mass is 35.5. The molecule has 1 aromatic heterocycles. The van der Waals surface area contributed by atoms with Crippen LogP contribution in [0.15, 0.2) is 30.3 Å². The highest BCUT2D eigenvalue weighted by Crippen LogP contribution is 2.42. The smallest absolute Gasteiger partial charge is 0.407 e. The fraction of sp³-hybridized carbons (Fsp3) is 0.455. The summed E-state index contributed by atoms with van der Waals surface area (Å²) in [4.78, 5) is 22.4. The number of carbonyl (C=O) groups is 1. The Kier molecular flexibility index (Phi) is 8.30. The van der Waals surface area contributed by atoms with E-state index in [0.29, 0.717) is 40.3 Å². The van der Waals surface area contributed by atoms with Crippen molar-refractivity contribution >= 4 is 34.3 Å². The number of ether oxygens (including phenoxy) is 1. The second-order valence-corrected chi connectivity index (χ2v) is 12.2. The molecule has 1 N–H and O–H groups in total. The molecule has 2 aromatic carbocycles. The normalized spacial score (nSPS) is 20.5. The molecule has 43 heavy (non-hydrogen) atoms. The van der Waals surface area contributed by atoms with Crippen LogP contribution >= 0.6 is 11.6 Å². The Balaban J connectivity index is 1.49. The van der Waals surface area contributed by atoms with E-state index in [1.807, 2.05) is 17.0 Å². The number of aromatic nitrogens is 1. The maximum absolute atomic E-state index is 11.9. The molecule has 6 rings (SSSR count). The van der Waals surface area contributed by atoms with Gasteiger partial charge in [-0.05, 0) is 80.9 Å². The number of halogens is 1. The van der Waals surface area contributed by atoms with Crippen molar-refractivity contribution in [3.05, 3.63) is 52.0 Å². The van der Waals surface area contributed by atoms with Crippen LogP contribution in [0.4, 0.5) is 10.5 Å². The lowest BCUT2D eigenvalue weighted by molar-refractivity contribution is 0.119. The first kappa shape index (κ1) is 29.0. The van der Waals surface area contributed by atoms with Gasteiger partial charge in [-0.3, -0.25) is 0 Å². The molecule has 9 nitrogen and oxygen atoms in total. The van der Waals surface area contributed by atoms with Crippen LogP contribution in [0.5, 0.6) is 5.88 Å². The fourth-order valence-electron chi connectivity index (χ4n) is 6.97. The molecule has 2 saturated heterocycles. The third-order valence-electron chi connectivity index (χ3n) is 9.27. The summed E-state index contributed by atoms with van der Waals surface area (Å²) in [5.41, 5.74) is 6.28. The first-order chi connectivity index (χ1) is 20.9. The number of likely N-dealkylation sites (tertiary alicyclic amines) is 1. The molecule has 10 heteroatoms. The number of rotatable bonds is 6. The summed E-state index contributed by atoms with van der Waals surface area (Å²) in [6.07, 6.45) is 5.50. The van der Waals surface area contributed by atoms with Crippen LogP contribution in [0.3, 0.4) is 0 Å². The zero-order valence-electron chi connectivity index (χ0n) is 24.4. The zero-order chi connectivity index (χ0) is 30.1. The lowest BCUT2D eigenvalue weighted by Gasteiger charge is -2.41. The number of nitriles is 2. The number of amides is 1. The van der Waals surface area contributed by atoms with Crippen molar-refractivity contribution < 1.29 is 14.6 Å². The molecule has 1 aliphatic carbocycles. The molecule has 0 unspecified atom stereocenters. The molecule has 0 saturated carbocycles. The van der Waals surface area contributed by atoms with Crippen LogP contribution < -0.4 is 9.64 Å². The Labute approximate surface area is 256 Å². The van der Waals surface area contributed by atoms with Gasteiger partial charge in [0.2, 0.25) is 5.88 Å². The molecule has 3 heterocycles. The summed E-state index contributed by atoms with van der Waals surface area (Å²) in [5.74, 6) is 0.270. The molecule has 3 aliphatic rings. The number of aryl methyl sites for hydroxylation is 1. The molecular weight excluding hydrogens is 564 g/mol. The monoisotopic (exact) mass is 598 g/mol. The van der Waals surface area contributed by atoms with Crippen LogP contribution in [0.1, 0.15) is 48.8 Å². The Bertz CT molecular complexity index is 1650. The Hall–Kier alpha value is -4.05. The number of likely N-dealkylation sites (N-methyl/N-ethyl adjacent to an activating group) is 1. The van der Waals surface area contributed by atoms with Gasteiger partial charge in [-0.15, -0.1) is 0 Å². The van der Waals surface area contributed by atoms with Crippen LogP contribution in [0, 0.1) is 22.7 Å². The third kappa shape index (κ3) is 5.56. The van der Waals surface area contributed by atoms with E-state index < -0.39 is 12.1 Å². The highest BCUT2D eigenvalue weighted by Gasteiger charge is 2.34. The molecule has 2 atom stereocenters. The van der Waals surface area contributed by atoms with Gasteiger partial charge < -0.3 is 24.5 Å². The summed E-state index contributed by atoms with van der Waals surface area (Å²) in [5, 5.41) is 31.0. The maximum Gasteiger partial charge on any atom is 0.407 e. The lowest BCUT2D eigenvalue weighted by Crippen LogP contribution is -2.55. The van der Waals surface area contributed by atoms with Crippen molar-refractivity contribution in [2.45, 2.75) is 57.0 Å². The fourth-order valence-corrected chi connectivity index (χ4v) is 7.24. The first-order valence-electron chi connectivity index (χ1n) is 15.0. The summed E-state index contributed by atoms with van der Waals surface area (Å²) in [6.45, 7) is 2.26. The standard InChI is InChI=1S/C33H35ClN6O3/c1-38-13-5-8-23(38)20-43-32-28(18-36)31(39-14-15-40(33(41)42)22(19-39)11-12-35)27-16-29(34)26(17-30(27)37-32)25-10-4-7-21-6-2-3-9-24(21)25/h4,7,10,16-17,22-23H,2-3,5-6,8-9,11,13-15,19-20H2,1H3,(H,41,42)/t22-,23-/m0/s1. The third-order valence-corrected chi connectivity index (χ3v) is 9.58. The zero-order valence-corrected chi connectivity index (χ0v) is 25.1. The van der Waals surface area contributed by atoms with Gasteiger partial charge in [0.15, 0.2) is 0 Å². The molecule has 0 radical (unpaired) electrons. The minimum absolute atomic E-state index is 0.0507. The number of pyridine rings is 1. The molecule has 2 aliphatic heterocycles. The van der Waals surface area contributed by atoms with E-state index in [1.54, 1.807) is 0 Å². The molecule has 3 aromatic rings. The molecule has 222 valence electrons. The van der Waals surface area contributed by atoms with E-state index in [1.165, 1.54) is 22.4 Å². The average molecular weight is 599 g/mol. The Morgan fingerprint density at radius 1 is 1.12 bits per heavy atom. The van der Waals surface area contributed by atoms with Crippen LogP contribution in [-0.2, 0) is 12.8 Å². The van der Waals surface area contributed by atoms with Crippen molar-refractivity contribution in [3.63, 3.8) is 0 Å². The Morgan fingerprint density at radius 2 is 1.95 bits per heavy atom. The van der Waals surface area contributed by atoms with Gasteiger partial charge in [-0.1, -0.05) is 29.8 Å². The number of carboxylic acid groups (broad SMARTS) is 1. The van der Waals surface area contributed by atoms with E-state index >= 15 is 0 Å². The molecular formula is C33H35ClN6O3. The van der Waals surface area contributed by atoms with Gasteiger partial charge in [-0.25, -0.2) is 9.78 Å². The number of piperazine rings is 1. The molecule has 0 bridgehead atoms. The number of anilines is 1. The summed E-state index contributed by atoms with van der Waals surface area (Å²) in [6, 6.07) is 14.5. The van der Waals surface area contributed by atoms with Crippen molar-refractivity contribution in [2.75, 3.05) is 44.7 Å². The average Bonchev–Trinajstić information content (AvgIpc) is 3.43. The summed E-state index contributed by atoms with van der Waals surface area (Å²) >= 11 is 7.04. The number of nitrogens with zero attached hydrogens (tertiary/aromatic N) is 6. The van der Waals surface area contributed by atoms with Crippen LogP contribution in [0.2, 0.25) is 5.02 Å². The van der Waals surface area contributed by atoms with E-state index in [-0.39, 0.29) is 31.4 Å². The second-order valence-electron chi connectivity index (χ2n) is 11.8. The van der Waals surface area contributed by atoms with Gasteiger partial charge in [0.1, 0.15) is 18.2 Å². The predicted octanol–water partition coefficient (Wildman–Crippen LogP) is 5.86. The van der Waals surface area contributed by atoms with E-state index in [4.69, 9.17) is 21.3 Å². The van der Waals surface area contributed by atoms with Gasteiger partial charge in [0, 0.05) is 41.6 Å². The minimum Gasteiger partial charge on any atom is -0.475 e. The quantitative estimate of drug-likeness (QED) is 0.375. The van der Waals surface area contributed by atoms with Gasteiger partial charge >= 0.3 is 6.09 Å². The van der Waals surface area contributed by atoms with E-state index in [9.17, 15) is 20.4 Å². The first-order valence-corrected chi connectivity index (χ1v) is 15.4. The lowest BCUT2D eigenvalue weighted by atomic mass is 9.85. The topological polar surface area (TPSA) is 117 Å². The Morgan fingerprint density at radius 3 is 2.70 bits per heavy atom. The largest absolute Gasteiger partial charge is 0.475 e. The van der Waals surface area contributed by atoms with Crippen LogP contribution in [0.25, 0.3) is 22.0 Å². The molecule has 1 amide bonds. The SMILES string of the molecule is CN1CCC[C@H]1COc1nc2cc(-c3cccc4c3CCCC4)c(Cl)cc2c(N2CCN(C(=O)O)[C@@H](CC#N)C2)c1C#N. The van der Waals surface area contributed by atoms with Crippen molar-refractivity contribution in [3.8, 4) is 29.1 Å². The molecule has 0 spiro atoms. The van der Waals surface area contributed by atoms with Crippen molar-refractivity contribution in [2.24, 2.45) is 0 Å². The minimum atomic E-state index is -1.05. The summed E-state index contributed by atoms with van der Waals surface area (Å²) < 4.78 is 6.33. The number of benzene rings is 2. The number of hydrogen-bond donors (Lipinski definition) is 1. The van der Waals surface area contributed by atoms with Crippen LogP contribution in [-0.4, -0.2) is 77.9 Å². The second kappa shape index (κ2) is 12.3.